The van der Waals surface area contributed by atoms with Gasteiger partial charge in [0.2, 0.25) is 5.91 Å². The lowest BCUT2D eigenvalue weighted by Gasteiger charge is -2.36. The molecule has 0 unspecified atom stereocenters. The molecule has 2 aromatic rings. The Morgan fingerprint density at radius 1 is 1.16 bits per heavy atom. The Morgan fingerprint density at radius 2 is 1.87 bits per heavy atom. The van der Waals surface area contributed by atoms with Crippen LogP contribution in [0, 0.1) is 17.7 Å². The molecule has 4 rings (SSSR count). The summed E-state index contributed by atoms with van der Waals surface area (Å²) in [5, 5.41) is 2.75. The molecular formula is C26H28F4N2O5S. The number of carbonyl (C=O) groups excluding carboxylic acids is 2. The first-order valence-corrected chi connectivity index (χ1v) is 13.9. The molecule has 0 saturated carbocycles. The third-order valence-corrected chi connectivity index (χ3v) is 8.72. The standard InChI is InChI=1S/C26H28F4N2O5S/c1-3-38(35,36)19-6-4-5-16(10-19)25(34)32-12-15(2)9-22(32)24(33)31-23(17-13-37-14-17)20-8-7-18(11-21(20)27)26(28,29)30/h4-8,10-11,15,17,22-23H,3,9,12-14H2,1-2H3,(H,31,33)/t15-,22-,23-/m1/s1. The van der Waals surface area contributed by atoms with E-state index in [2.05, 4.69) is 5.32 Å². The number of ether oxygens (including phenoxy) is 1. The van der Waals surface area contributed by atoms with E-state index in [1.165, 1.54) is 36.1 Å². The average molecular weight is 557 g/mol. The van der Waals surface area contributed by atoms with Crippen molar-refractivity contribution in [1.29, 1.82) is 0 Å². The summed E-state index contributed by atoms with van der Waals surface area (Å²) in [5.41, 5.74) is -1.12. The number of nitrogens with one attached hydrogen (secondary N) is 1. The Hall–Kier alpha value is -2.99. The van der Waals surface area contributed by atoms with Crippen LogP contribution in [0.3, 0.4) is 0 Å². The summed E-state index contributed by atoms with van der Waals surface area (Å²) in [7, 11) is -3.56. The maximum Gasteiger partial charge on any atom is 0.416 e. The van der Waals surface area contributed by atoms with E-state index in [9.17, 15) is 35.6 Å². The third-order valence-electron chi connectivity index (χ3n) is 6.99. The Morgan fingerprint density at radius 3 is 2.45 bits per heavy atom. The van der Waals surface area contributed by atoms with Crippen LogP contribution in [0.25, 0.3) is 0 Å². The monoisotopic (exact) mass is 556 g/mol. The van der Waals surface area contributed by atoms with E-state index >= 15 is 0 Å². The SMILES string of the molecule is CCS(=O)(=O)c1cccc(C(=O)N2C[C@H](C)C[C@@H]2C(=O)N[C@@H](c2ccc(C(F)(F)F)cc2F)C2COC2)c1. The first kappa shape index (κ1) is 28.0. The van der Waals surface area contributed by atoms with Crippen LogP contribution in [0.15, 0.2) is 47.4 Å². The fraction of sp³-hybridized carbons (Fsp3) is 0.462. The minimum atomic E-state index is -4.72. The topological polar surface area (TPSA) is 92.8 Å². The van der Waals surface area contributed by atoms with Gasteiger partial charge in [-0.15, -0.1) is 0 Å². The number of likely N-dealkylation sites (tertiary alicyclic amines) is 1. The molecule has 1 N–H and O–H groups in total. The van der Waals surface area contributed by atoms with Crippen molar-refractivity contribution in [1.82, 2.24) is 10.2 Å². The molecule has 7 nitrogen and oxygen atoms in total. The van der Waals surface area contributed by atoms with Gasteiger partial charge >= 0.3 is 6.18 Å². The molecule has 0 spiro atoms. The van der Waals surface area contributed by atoms with Gasteiger partial charge in [-0.1, -0.05) is 26.0 Å². The van der Waals surface area contributed by atoms with Crippen LogP contribution in [0.2, 0.25) is 0 Å². The van der Waals surface area contributed by atoms with Crippen LogP contribution in [-0.2, 0) is 25.5 Å². The molecule has 38 heavy (non-hydrogen) atoms. The van der Waals surface area contributed by atoms with E-state index in [0.29, 0.717) is 12.5 Å². The molecule has 2 saturated heterocycles. The molecule has 2 aliphatic rings. The van der Waals surface area contributed by atoms with Gasteiger partial charge in [-0.05, 0) is 42.7 Å². The first-order chi connectivity index (χ1) is 17.8. The zero-order valence-corrected chi connectivity index (χ0v) is 21.6. The van der Waals surface area contributed by atoms with Crippen LogP contribution in [0.4, 0.5) is 17.6 Å². The van der Waals surface area contributed by atoms with Gasteiger partial charge in [0.05, 0.1) is 35.5 Å². The highest BCUT2D eigenvalue weighted by Gasteiger charge is 2.41. The molecule has 12 heteroatoms. The summed E-state index contributed by atoms with van der Waals surface area (Å²) in [6.07, 6.45) is -4.40. The summed E-state index contributed by atoms with van der Waals surface area (Å²) >= 11 is 0. The lowest BCUT2D eigenvalue weighted by Crippen LogP contribution is -2.50. The number of nitrogens with zero attached hydrogens (tertiary/aromatic N) is 1. The van der Waals surface area contributed by atoms with Crippen molar-refractivity contribution in [2.24, 2.45) is 11.8 Å². The average Bonchev–Trinajstić information content (AvgIpc) is 3.23. The van der Waals surface area contributed by atoms with Gasteiger partial charge in [-0.25, -0.2) is 12.8 Å². The number of rotatable bonds is 7. The lowest BCUT2D eigenvalue weighted by molar-refractivity contribution is -0.138. The number of halogens is 4. The van der Waals surface area contributed by atoms with Crippen molar-refractivity contribution < 1.29 is 40.3 Å². The number of amides is 2. The Bertz CT molecular complexity index is 1330. The van der Waals surface area contributed by atoms with Gasteiger partial charge < -0.3 is 15.0 Å². The van der Waals surface area contributed by atoms with Crippen LogP contribution in [-0.4, -0.2) is 56.7 Å². The predicted molar refractivity (Wildman–Crippen MR) is 129 cm³/mol. The molecule has 0 aliphatic carbocycles. The van der Waals surface area contributed by atoms with Crippen molar-refractivity contribution in [3.63, 3.8) is 0 Å². The molecular weight excluding hydrogens is 528 g/mol. The summed E-state index contributed by atoms with van der Waals surface area (Å²) < 4.78 is 83.7. The van der Waals surface area contributed by atoms with E-state index in [-0.39, 0.29) is 53.4 Å². The van der Waals surface area contributed by atoms with E-state index in [1.807, 2.05) is 6.92 Å². The van der Waals surface area contributed by atoms with E-state index < -0.39 is 51.3 Å². The molecule has 0 aromatic heterocycles. The van der Waals surface area contributed by atoms with Crippen LogP contribution in [0.5, 0.6) is 0 Å². The molecule has 2 heterocycles. The fourth-order valence-electron chi connectivity index (χ4n) is 4.78. The van der Waals surface area contributed by atoms with Gasteiger partial charge in [-0.2, -0.15) is 13.2 Å². The number of hydrogen-bond donors (Lipinski definition) is 1. The Balaban J connectivity index is 1.58. The first-order valence-electron chi connectivity index (χ1n) is 12.2. The van der Waals surface area contributed by atoms with Gasteiger partial charge in [0.1, 0.15) is 11.9 Å². The number of hydrogen-bond acceptors (Lipinski definition) is 5. The van der Waals surface area contributed by atoms with Crippen LogP contribution in [0.1, 0.15) is 47.8 Å². The van der Waals surface area contributed by atoms with Crippen LogP contribution >= 0.6 is 0 Å². The molecule has 3 atom stereocenters. The number of alkyl halides is 3. The molecule has 2 aliphatic heterocycles. The molecule has 2 amide bonds. The van der Waals surface area contributed by atoms with Crippen molar-refractivity contribution in [2.75, 3.05) is 25.5 Å². The largest absolute Gasteiger partial charge is 0.416 e. The second-order valence-electron chi connectivity index (χ2n) is 9.76. The Labute approximate surface area is 218 Å². The minimum Gasteiger partial charge on any atom is -0.381 e. The number of carbonyl (C=O) groups is 2. The van der Waals surface area contributed by atoms with Crippen molar-refractivity contribution >= 4 is 21.7 Å². The number of benzene rings is 2. The highest BCUT2D eigenvalue weighted by Crippen LogP contribution is 2.35. The molecule has 2 aromatic carbocycles. The van der Waals surface area contributed by atoms with Gasteiger partial charge in [0.15, 0.2) is 9.84 Å². The van der Waals surface area contributed by atoms with E-state index in [4.69, 9.17) is 4.74 Å². The summed E-state index contributed by atoms with van der Waals surface area (Å²) in [4.78, 5) is 28.2. The molecule has 0 radical (unpaired) electrons. The van der Waals surface area contributed by atoms with Gasteiger partial charge in [0, 0.05) is 23.6 Å². The maximum absolute atomic E-state index is 14.8. The van der Waals surface area contributed by atoms with Crippen molar-refractivity contribution in [3.8, 4) is 0 Å². The lowest BCUT2D eigenvalue weighted by atomic mass is 9.90. The second-order valence-corrected chi connectivity index (χ2v) is 12.0. The smallest absolute Gasteiger partial charge is 0.381 e. The number of sulfone groups is 1. The predicted octanol–water partition coefficient (Wildman–Crippen LogP) is 3.99. The fourth-order valence-corrected chi connectivity index (χ4v) is 5.70. The second kappa shape index (κ2) is 10.6. The highest BCUT2D eigenvalue weighted by atomic mass is 32.2. The van der Waals surface area contributed by atoms with Crippen LogP contribution < -0.4 is 5.32 Å². The summed E-state index contributed by atoms with van der Waals surface area (Å²) in [6.45, 7) is 3.98. The molecule has 0 bridgehead atoms. The Kier molecular flexibility index (Phi) is 7.85. The summed E-state index contributed by atoms with van der Waals surface area (Å²) in [5.74, 6) is -2.74. The van der Waals surface area contributed by atoms with E-state index in [1.54, 1.807) is 0 Å². The maximum atomic E-state index is 14.8. The highest BCUT2D eigenvalue weighted by molar-refractivity contribution is 7.91. The third kappa shape index (κ3) is 5.70. The normalized spacial score (nSPS) is 21.2. The molecule has 2 fully saturated rings. The van der Waals surface area contributed by atoms with Gasteiger partial charge in [-0.3, -0.25) is 9.59 Å². The summed E-state index contributed by atoms with van der Waals surface area (Å²) in [6, 6.07) is 5.92. The van der Waals surface area contributed by atoms with Crippen molar-refractivity contribution in [3.05, 3.63) is 65.0 Å². The minimum absolute atomic E-state index is 0.00178. The molecule has 206 valence electrons. The zero-order valence-electron chi connectivity index (χ0n) is 20.8. The van der Waals surface area contributed by atoms with Crippen molar-refractivity contribution in [2.45, 2.75) is 43.4 Å². The quantitative estimate of drug-likeness (QED) is 0.521. The zero-order chi connectivity index (χ0) is 27.8. The van der Waals surface area contributed by atoms with E-state index in [0.717, 1.165) is 12.1 Å². The van der Waals surface area contributed by atoms with Gasteiger partial charge in [0.25, 0.3) is 5.91 Å².